The van der Waals surface area contributed by atoms with Crippen molar-refractivity contribution >= 4 is 0 Å². The highest BCUT2D eigenvalue weighted by Crippen LogP contribution is 2.46. The molecule has 0 saturated heterocycles. The Kier molecular flexibility index (Phi) is 5.12. The van der Waals surface area contributed by atoms with Gasteiger partial charge < -0.3 is 5.73 Å². The van der Waals surface area contributed by atoms with Crippen molar-refractivity contribution in [3.63, 3.8) is 0 Å². The zero-order chi connectivity index (χ0) is 13.1. The van der Waals surface area contributed by atoms with Crippen LogP contribution in [0.4, 0.5) is 0 Å². The summed E-state index contributed by atoms with van der Waals surface area (Å²) in [6.07, 6.45) is 10.1. The van der Waals surface area contributed by atoms with Crippen LogP contribution in [0.2, 0.25) is 0 Å². The zero-order valence-corrected chi connectivity index (χ0v) is 12.7. The van der Waals surface area contributed by atoms with Gasteiger partial charge in [0.2, 0.25) is 0 Å². The lowest BCUT2D eigenvalue weighted by Crippen LogP contribution is -2.37. The van der Waals surface area contributed by atoms with Crippen molar-refractivity contribution in [1.29, 1.82) is 0 Å². The molecule has 1 nitrogen and oxygen atoms in total. The van der Waals surface area contributed by atoms with Crippen LogP contribution >= 0.6 is 0 Å². The number of hydrogen-bond acceptors (Lipinski definition) is 1. The van der Waals surface area contributed by atoms with Crippen LogP contribution in [0.5, 0.6) is 0 Å². The van der Waals surface area contributed by atoms with Crippen molar-refractivity contribution in [2.75, 3.05) is 6.54 Å². The van der Waals surface area contributed by atoms with E-state index in [9.17, 15) is 0 Å². The summed E-state index contributed by atoms with van der Waals surface area (Å²) in [4.78, 5) is 0. The number of nitrogens with two attached hydrogens (primary N) is 1. The summed E-state index contributed by atoms with van der Waals surface area (Å²) >= 11 is 0. The second kappa shape index (κ2) is 6.41. The Bertz CT molecular complexity index is 250. The van der Waals surface area contributed by atoms with E-state index in [0.29, 0.717) is 0 Å². The summed E-state index contributed by atoms with van der Waals surface area (Å²) in [6, 6.07) is 0. The summed E-state index contributed by atoms with van der Waals surface area (Å²) in [5.41, 5.74) is 6.05. The van der Waals surface area contributed by atoms with Gasteiger partial charge in [-0.2, -0.15) is 0 Å². The third-order valence-electron chi connectivity index (χ3n) is 6.28. The maximum Gasteiger partial charge on any atom is -0.00461 e. The normalized spacial score (nSPS) is 46.0. The predicted octanol–water partition coefficient (Wildman–Crippen LogP) is 4.46. The van der Waals surface area contributed by atoms with Gasteiger partial charge in [-0.25, -0.2) is 0 Å². The van der Waals surface area contributed by atoms with Gasteiger partial charge in [0.05, 0.1) is 0 Å². The van der Waals surface area contributed by atoms with Crippen LogP contribution in [0.1, 0.15) is 65.7 Å². The lowest BCUT2D eigenvalue weighted by atomic mass is 9.62. The van der Waals surface area contributed by atoms with E-state index in [2.05, 4.69) is 20.8 Å². The van der Waals surface area contributed by atoms with Crippen LogP contribution < -0.4 is 5.73 Å². The topological polar surface area (TPSA) is 26.0 Å². The molecular weight excluding hydrogens is 218 g/mol. The minimum Gasteiger partial charge on any atom is -0.330 e. The first-order valence-corrected chi connectivity index (χ1v) is 8.35. The van der Waals surface area contributed by atoms with Crippen molar-refractivity contribution in [3.8, 4) is 0 Å². The van der Waals surface area contributed by atoms with E-state index in [1.165, 1.54) is 44.9 Å². The van der Waals surface area contributed by atoms with Gasteiger partial charge in [-0.05, 0) is 67.7 Å². The SMILES string of the molecule is CCC1CCC(CN)C(C2CCC(C)C(C)C2)C1. The van der Waals surface area contributed by atoms with Crippen molar-refractivity contribution in [3.05, 3.63) is 0 Å². The fourth-order valence-electron chi connectivity index (χ4n) is 4.58. The largest absolute Gasteiger partial charge is 0.330 e. The highest BCUT2D eigenvalue weighted by molar-refractivity contribution is 4.88. The average Bonchev–Trinajstić information content (AvgIpc) is 2.41. The van der Waals surface area contributed by atoms with Gasteiger partial charge in [-0.15, -0.1) is 0 Å². The Labute approximate surface area is 114 Å². The number of hydrogen-bond donors (Lipinski definition) is 1. The molecule has 0 bridgehead atoms. The monoisotopic (exact) mass is 251 g/mol. The van der Waals surface area contributed by atoms with E-state index in [-0.39, 0.29) is 0 Å². The molecule has 0 aromatic rings. The Morgan fingerprint density at radius 3 is 2.33 bits per heavy atom. The van der Waals surface area contributed by atoms with E-state index < -0.39 is 0 Å². The summed E-state index contributed by atoms with van der Waals surface area (Å²) in [5.74, 6) is 5.64. The molecule has 0 aliphatic heterocycles. The fourth-order valence-corrected chi connectivity index (χ4v) is 4.58. The van der Waals surface area contributed by atoms with Gasteiger partial charge in [0.1, 0.15) is 0 Å². The molecule has 6 unspecified atom stereocenters. The van der Waals surface area contributed by atoms with Crippen LogP contribution in [0.3, 0.4) is 0 Å². The molecular formula is C17H33N. The van der Waals surface area contributed by atoms with Crippen LogP contribution in [0.25, 0.3) is 0 Å². The van der Waals surface area contributed by atoms with Crippen LogP contribution in [0, 0.1) is 35.5 Å². The van der Waals surface area contributed by atoms with Crippen molar-refractivity contribution in [1.82, 2.24) is 0 Å². The first kappa shape index (κ1) is 14.4. The Morgan fingerprint density at radius 2 is 1.72 bits per heavy atom. The highest BCUT2D eigenvalue weighted by atomic mass is 14.6. The molecule has 0 aromatic heterocycles. The molecule has 106 valence electrons. The molecule has 0 spiro atoms. The summed E-state index contributed by atoms with van der Waals surface area (Å²) < 4.78 is 0. The van der Waals surface area contributed by atoms with Crippen molar-refractivity contribution in [2.45, 2.75) is 65.7 Å². The maximum absolute atomic E-state index is 6.05. The standard InChI is InChI=1S/C17H33N/c1-4-14-6-8-16(11-18)17(10-14)15-7-5-12(2)13(3)9-15/h12-17H,4-11,18H2,1-3H3. The molecule has 0 amide bonds. The molecule has 18 heavy (non-hydrogen) atoms. The molecule has 2 fully saturated rings. The lowest BCUT2D eigenvalue weighted by Gasteiger charge is -2.44. The van der Waals surface area contributed by atoms with Crippen molar-refractivity contribution < 1.29 is 0 Å². The molecule has 2 rings (SSSR count). The average molecular weight is 251 g/mol. The smallest absolute Gasteiger partial charge is 0.00461 e. The third kappa shape index (κ3) is 3.10. The molecule has 6 atom stereocenters. The minimum atomic E-state index is 0.832. The minimum absolute atomic E-state index is 0.832. The lowest BCUT2D eigenvalue weighted by molar-refractivity contribution is 0.0692. The first-order chi connectivity index (χ1) is 8.65. The summed E-state index contributed by atoms with van der Waals surface area (Å²) in [6.45, 7) is 8.21. The molecule has 2 N–H and O–H groups in total. The summed E-state index contributed by atoms with van der Waals surface area (Å²) in [5, 5.41) is 0. The summed E-state index contributed by atoms with van der Waals surface area (Å²) in [7, 11) is 0. The Balaban J connectivity index is 1.99. The van der Waals surface area contributed by atoms with E-state index in [4.69, 9.17) is 5.73 Å². The maximum atomic E-state index is 6.05. The highest BCUT2D eigenvalue weighted by Gasteiger charge is 2.37. The van der Waals surface area contributed by atoms with Crippen LogP contribution in [0.15, 0.2) is 0 Å². The van der Waals surface area contributed by atoms with Gasteiger partial charge in [0, 0.05) is 0 Å². The molecule has 0 heterocycles. The molecule has 0 aromatic carbocycles. The Morgan fingerprint density at radius 1 is 0.944 bits per heavy atom. The Hall–Kier alpha value is -0.0400. The second-order valence-corrected chi connectivity index (χ2v) is 7.27. The van der Waals surface area contributed by atoms with Gasteiger partial charge >= 0.3 is 0 Å². The van der Waals surface area contributed by atoms with E-state index in [0.717, 1.165) is 42.1 Å². The van der Waals surface area contributed by atoms with Gasteiger partial charge in [0.15, 0.2) is 0 Å². The molecule has 0 radical (unpaired) electrons. The van der Waals surface area contributed by atoms with Gasteiger partial charge in [-0.1, -0.05) is 40.0 Å². The fraction of sp³-hybridized carbons (Fsp3) is 1.00. The predicted molar refractivity (Wildman–Crippen MR) is 79.3 cm³/mol. The first-order valence-electron chi connectivity index (χ1n) is 8.35. The molecule has 2 saturated carbocycles. The molecule has 2 aliphatic rings. The van der Waals surface area contributed by atoms with E-state index >= 15 is 0 Å². The van der Waals surface area contributed by atoms with Gasteiger partial charge in [0.25, 0.3) is 0 Å². The zero-order valence-electron chi connectivity index (χ0n) is 12.7. The second-order valence-electron chi connectivity index (χ2n) is 7.27. The van der Waals surface area contributed by atoms with Crippen LogP contribution in [-0.4, -0.2) is 6.54 Å². The van der Waals surface area contributed by atoms with Crippen LogP contribution in [-0.2, 0) is 0 Å². The van der Waals surface area contributed by atoms with E-state index in [1.807, 2.05) is 0 Å². The van der Waals surface area contributed by atoms with E-state index in [1.54, 1.807) is 0 Å². The van der Waals surface area contributed by atoms with Crippen molar-refractivity contribution in [2.24, 2.45) is 41.2 Å². The molecule has 2 aliphatic carbocycles. The quantitative estimate of drug-likeness (QED) is 0.787. The van der Waals surface area contributed by atoms with Gasteiger partial charge in [-0.3, -0.25) is 0 Å². The third-order valence-corrected chi connectivity index (χ3v) is 6.28. The number of rotatable bonds is 3. The molecule has 1 heteroatoms.